The number of hydrogen-bond acceptors (Lipinski definition) is 6. The number of carboxylic acid groups (broad SMARTS) is 2. The average Bonchev–Trinajstić information content (AvgIpc) is 3.72. The van der Waals surface area contributed by atoms with Crippen molar-refractivity contribution >= 4 is 53.4 Å². The molecule has 4 rings (SSSR count). The van der Waals surface area contributed by atoms with Crippen LogP contribution >= 0.6 is 0 Å². The van der Waals surface area contributed by atoms with Crippen molar-refractivity contribution in [1.29, 1.82) is 0 Å². The van der Waals surface area contributed by atoms with Crippen LogP contribution in [0.2, 0.25) is 0 Å². The third kappa shape index (κ3) is 19.5. The SMILES string of the molecule is C.CC.CC.CC.CC.CC.CC.CCCS(=O)(=O)c1ccc2c(ccn2CC(=O)O)c1.CCCS(=O)(=O)c1ccc2ccn(CC(=O)O)c2c1. The van der Waals surface area contributed by atoms with Gasteiger partial charge in [-0.3, -0.25) is 9.59 Å². The molecule has 0 unspecified atom stereocenters. The van der Waals surface area contributed by atoms with Crippen LogP contribution in [0, 0.1) is 0 Å². The summed E-state index contributed by atoms with van der Waals surface area (Å²) in [7, 11) is -6.53. The number of rotatable bonds is 10. The summed E-state index contributed by atoms with van der Waals surface area (Å²) < 4.78 is 51.0. The zero-order valence-corrected chi connectivity index (χ0v) is 34.7. The van der Waals surface area contributed by atoms with Gasteiger partial charge in [0.05, 0.1) is 21.3 Å². The first kappa shape index (κ1) is 56.7. The number of benzene rings is 2. The van der Waals surface area contributed by atoms with Crippen LogP contribution in [0.5, 0.6) is 0 Å². The Morgan fingerprint density at radius 2 is 0.882 bits per heavy atom. The Kier molecular flexibility index (Phi) is 35.9. The van der Waals surface area contributed by atoms with Gasteiger partial charge in [0.25, 0.3) is 0 Å². The summed E-state index contributed by atoms with van der Waals surface area (Å²) in [6.07, 6.45) is 4.42. The molecule has 4 aromatic rings. The lowest BCUT2D eigenvalue weighted by Crippen LogP contribution is -2.08. The molecule has 0 bridgehead atoms. The molecule has 51 heavy (non-hydrogen) atoms. The Balaban J connectivity index is -0.000000210. The quantitative estimate of drug-likeness (QED) is 0.162. The highest BCUT2D eigenvalue weighted by Gasteiger charge is 2.16. The second-order valence-electron chi connectivity index (χ2n) is 8.75. The van der Waals surface area contributed by atoms with E-state index in [1.807, 2.05) is 96.9 Å². The summed E-state index contributed by atoms with van der Waals surface area (Å²) in [4.78, 5) is 22.0. The zero-order chi connectivity index (χ0) is 40.1. The molecule has 0 aliphatic heterocycles. The topological polar surface area (TPSA) is 153 Å². The molecule has 0 aliphatic carbocycles. The van der Waals surface area contributed by atoms with Crippen LogP contribution in [0.15, 0.2) is 70.7 Å². The van der Waals surface area contributed by atoms with Crippen molar-refractivity contribution in [3.8, 4) is 0 Å². The lowest BCUT2D eigenvalue weighted by atomic mass is 10.2. The molecule has 10 nitrogen and oxygen atoms in total. The van der Waals surface area contributed by atoms with E-state index in [2.05, 4.69) is 0 Å². The fraction of sp³-hybridized carbons (Fsp3) is 0.538. The summed E-state index contributed by atoms with van der Waals surface area (Å²) in [5, 5.41) is 19.2. The minimum atomic E-state index is -3.29. The van der Waals surface area contributed by atoms with E-state index < -0.39 is 31.6 Å². The van der Waals surface area contributed by atoms with Crippen molar-refractivity contribution in [3.05, 3.63) is 60.9 Å². The highest BCUT2D eigenvalue weighted by molar-refractivity contribution is 7.91. The molecule has 296 valence electrons. The van der Waals surface area contributed by atoms with E-state index in [0.29, 0.717) is 18.4 Å². The summed E-state index contributed by atoms with van der Waals surface area (Å²) >= 11 is 0. The Labute approximate surface area is 310 Å². The Morgan fingerprint density at radius 1 is 0.529 bits per heavy atom. The lowest BCUT2D eigenvalue weighted by Gasteiger charge is -2.05. The van der Waals surface area contributed by atoms with E-state index in [1.54, 1.807) is 59.4 Å². The molecule has 0 saturated carbocycles. The van der Waals surface area contributed by atoms with Crippen molar-refractivity contribution in [2.75, 3.05) is 11.5 Å². The second kappa shape index (κ2) is 32.3. The molecule has 0 saturated heterocycles. The van der Waals surface area contributed by atoms with Crippen molar-refractivity contribution in [3.63, 3.8) is 0 Å². The first-order valence-electron chi connectivity index (χ1n) is 17.9. The average molecular weight is 759 g/mol. The van der Waals surface area contributed by atoms with Gasteiger partial charge in [0.2, 0.25) is 0 Å². The van der Waals surface area contributed by atoms with Gasteiger partial charge in [-0.25, -0.2) is 16.8 Å². The summed E-state index contributed by atoms with van der Waals surface area (Å²) in [5.74, 6) is -1.67. The van der Waals surface area contributed by atoms with Gasteiger partial charge in [0.15, 0.2) is 19.7 Å². The molecule has 2 N–H and O–H groups in total. The number of carboxylic acids is 2. The first-order chi connectivity index (χ1) is 23.9. The van der Waals surface area contributed by atoms with Crippen LogP contribution in [0.3, 0.4) is 0 Å². The van der Waals surface area contributed by atoms with E-state index >= 15 is 0 Å². The third-order valence-electron chi connectivity index (χ3n) is 5.76. The fourth-order valence-electron chi connectivity index (χ4n) is 4.07. The van der Waals surface area contributed by atoms with Crippen molar-refractivity contribution in [2.45, 2.75) is 140 Å². The molecule has 12 heteroatoms. The van der Waals surface area contributed by atoms with E-state index in [-0.39, 0.29) is 41.8 Å². The number of hydrogen-bond donors (Lipinski definition) is 2. The van der Waals surface area contributed by atoms with Crippen LogP contribution in [0.4, 0.5) is 0 Å². The minimum absolute atomic E-state index is 0. The van der Waals surface area contributed by atoms with Crippen molar-refractivity contribution in [1.82, 2.24) is 9.13 Å². The van der Waals surface area contributed by atoms with Crippen LogP contribution < -0.4 is 0 Å². The zero-order valence-electron chi connectivity index (χ0n) is 33.1. The normalized spacial score (nSPS) is 9.53. The Hall–Kier alpha value is -3.64. The molecule has 2 aromatic heterocycles. The van der Waals surface area contributed by atoms with Crippen LogP contribution in [0.1, 0.15) is 117 Å². The van der Waals surface area contributed by atoms with Crippen molar-refractivity contribution in [2.24, 2.45) is 0 Å². The molecule has 2 heterocycles. The van der Waals surface area contributed by atoms with Gasteiger partial charge in [-0.2, -0.15) is 0 Å². The highest BCUT2D eigenvalue weighted by Crippen LogP contribution is 2.23. The maximum atomic E-state index is 12.0. The Morgan fingerprint density at radius 3 is 1.27 bits per heavy atom. The van der Waals surface area contributed by atoms with Gasteiger partial charge in [-0.1, -0.05) is 110 Å². The third-order valence-corrected chi connectivity index (χ3v) is 9.60. The molecule has 0 atom stereocenters. The summed E-state index contributed by atoms with van der Waals surface area (Å²) in [5.41, 5.74) is 1.34. The number of carbonyl (C=O) groups is 2. The number of sulfone groups is 2. The standard InChI is InChI=1S/2C13H15NO4S.6C2H6.CH4/c1-2-7-19(17,18)11-3-4-12-10(8-11)5-6-14(12)9-13(15)16;1-2-7-19(17,18)11-4-3-10-5-6-14(9-13(15)16)12(10)8-11;6*1-2;/h2*3-6,8H,2,7,9H2,1H3,(H,15,16);6*1-2H3;1H4. The number of aromatic nitrogens is 2. The second-order valence-corrected chi connectivity index (χ2v) is 13.0. The maximum Gasteiger partial charge on any atom is 0.323 e. The van der Waals surface area contributed by atoms with E-state index in [1.165, 1.54) is 10.6 Å². The van der Waals surface area contributed by atoms with Gasteiger partial charge in [0, 0.05) is 28.8 Å². The van der Waals surface area contributed by atoms with Gasteiger partial charge in [-0.15, -0.1) is 0 Å². The predicted octanol–water partition coefficient (Wildman–Crippen LogP) is 10.6. The van der Waals surface area contributed by atoms with Crippen LogP contribution in [0.25, 0.3) is 21.8 Å². The highest BCUT2D eigenvalue weighted by atomic mass is 32.2. The molecule has 2 aromatic carbocycles. The predicted molar refractivity (Wildman–Crippen MR) is 219 cm³/mol. The fourth-order valence-corrected chi connectivity index (χ4v) is 6.76. The number of aliphatic carboxylic acids is 2. The largest absolute Gasteiger partial charge is 0.480 e. The number of nitrogens with zero attached hydrogens (tertiary/aromatic N) is 2. The maximum absolute atomic E-state index is 12.0. The van der Waals surface area contributed by atoms with Crippen LogP contribution in [-0.4, -0.2) is 59.6 Å². The van der Waals surface area contributed by atoms with Gasteiger partial charge >= 0.3 is 11.9 Å². The van der Waals surface area contributed by atoms with E-state index in [0.717, 1.165) is 16.3 Å². The Bertz CT molecular complexity index is 1690. The monoisotopic (exact) mass is 758 g/mol. The molecule has 0 aliphatic rings. The molecule has 0 radical (unpaired) electrons. The molecular weight excluding hydrogens is 689 g/mol. The molecule has 0 fully saturated rings. The molecule has 0 spiro atoms. The molecular formula is C39H70N2O8S2. The lowest BCUT2D eigenvalue weighted by molar-refractivity contribution is -0.138. The van der Waals surface area contributed by atoms with Crippen molar-refractivity contribution < 1.29 is 36.6 Å². The van der Waals surface area contributed by atoms with E-state index in [9.17, 15) is 26.4 Å². The van der Waals surface area contributed by atoms with Gasteiger partial charge in [0.1, 0.15) is 13.1 Å². The molecule has 0 amide bonds. The van der Waals surface area contributed by atoms with Gasteiger partial charge in [-0.05, 0) is 60.7 Å². The van der Waals surface area contributed by atoms with E-state index in [4.69, 9.17) is 10.2 Å². The smallest absolute Gasteiger partial charge is 0.323 e. The minimum Gasteiger partial charge on any atom is -0.480 e. The summed E-state index contributed by atoms with van der Waals surface area (Å²) in [6, 6.07) is 13.1. The van der Waals surface area contributed by atoms with Crippen LogP contribution in [-0.2, 0) is 42.4 Å². The van der Waals surface area contributed by atoms with Gasteiger partial charge < -0.3 is 19.3 Å². The number of fused-ring (bicyclic) bond motifs is 2. The first-order valence-corrected chi connectivity index (χ1v) is 21.2. The summed E-state index contributed by atoms with van der Waals surface area (Å²) in [6.45, 7) is 27.3.